The molecule has 0 spiro atoms. The molecule has 9 heteroatoms. The minimum Gasteiger partial charge on any atom is -0.465 e. The van der Waals surface area contributed by atoms with Gasteiger partial charge in [0.15, 0.2) is 10.9 Å². The Hall–Kier alpha value is -3.48. The Labute approximate surface area is 188 Å². The number of ether oxygens (including phenoxy) is 1. The second-order valence-corrected chi connectivity index (χ2v) is 8.16. The maximum atomic E-state index is 12.5. The van der Waals surface area contributed by atoms with Gasteiger partial charge in [0.25, 0.3) is 5.91 Å². The van der Waals surface area contributed by atoms with Crippen LogP contribution in [0.25, 0.3) is 11.3 Å². The molecule has 2 aromatic heterocycles. The average molecular weight is 454 g/mol. The quantitative estimate of drug-likeness (QED) is 0.435. The first-order valence-corrected chi connectivity index (χ1v) is 10.4. The zero-order chi connectivity index (χ0) is 22.7. The fourth-order valence-corrected chi connectivity index (χ4v) is 4.17. The molecule has 7 nitrogen and oxygen atoms in total. The number of anilines is 1. The van der Waals surface area contributed by atoms with Crippen LogP contribution in [0.1, 0.15) is 42.5 Å². The molecule has 3 aromatic rings. The van der Waals surface area contributed by atoms with Crippen LogP contribution in [0.2, 0.25) is 0 Å². The number of furan rings is 1. The Bertz CT molecular complexity index is 1230. The van der Waals surface area contributed by atoms with E-state index in [2.05, 4.69) is 10.6 Å². The highest BCUT2D eigenvalue weighted by atomic mass is 32.1. The van der Waals surface area contributed by atoms with E-state index in [4.69, 9.17) is 21.4 Å². The van der Waals surface area contributed by atoms with Crippen molar-refractivity contribution in [1.82, 2.24) is 5.32 Å². The number of thiocarbonyl (C=S) groups is 1. The van der Waals surface area contributed by atoms with Gasteiger partial charge in [0.05, 0.1) is 12.7 Å². The van der Waals surface area contributed by atoms with E-state index in [0.29, 0.717) is 21.2 Å². The minimum absolute atomic E-state index is 0.0247. The number of methoxy groups -OCH3 is 1. The Morgan fingerprint density at radius 2 is 1.90 bits per heavy atom. The lowest BCUT2D eigenvalue weighted by molar-refractivity contribution is 0.0605. The second kappa shape index (κ2) is 9.12. The van der Waals surface area contributed by atoms with Gasteiger partial charge in [-0.1, -0.05) is 12.1 Å². The lowest BCUT2D eigenvalue weighted by atomic mass is 10.1. The largest absolute Gasteiger partial charge is 0.465 e. The third-order valence-electron chi connectivity index (χ3n) is 4.70. The van der Waals surface area contributed by atoms with E-state index in [1.807, 2.05) is 38.1 Å². The van der Waals surface area contributed by atoms with Gasteiger partial charge in [-0.15, -0.1) is 11.3 Å². The summed E-state index contributed by atoms with van der Waals surface area (Å²) >= 11 is 6.22. The van der Waals surface area contributed by atoms with E-state index in [0.717, 1.165) is 22.5 Å². The molecule has 0 fully saturated rings. The normalized spacial score (nSPS) is 10.3. The van der Waals surface area contributed by atoms with Crippen LogP contribution in [0.4, 0.5) is 5.00 Å². The van der Waals surface area contributed by atoms with Crippen LogP contribution < -0.4 is 10.6 Å². The van der Waals surface area contributed by atoms with Gasteiger partial charge < -0.3 is 14.5 Å². The first kappa shape index (κ1) is 22.2. The summed E-state index contributed by atoms with van der Waals surface area (Å²) in [6, 6.07) is 11.2. The van der Waals surface area contributed by atoms with E-state index >= 15 is 0 Å². The maximum Gasteiger partial charge on any atom is 0.348 e. The number of nitrogens with zero attached hydrogens (tertiary/aromatic N) is 1. The highest BCUT2D eigenvalue weighted by Gasteiger charge is 2.22. The molecule has 1 amide bonds. The van der Waals surface area contributed by atoms with Crippen LogP contribution >= 0.6 is 23.6 Å². The lowest BCUT2D eigenvalue weighted by Gasteiger charge is -2.07. The van der Waals surface area contributed by atoms with Gasteiger partial charge in [0.2, 0.25) is 0 Å². The van der Waals surface area contributed by atoms with Crippen molar-refractivity contribution in [3.63, 3.8) is 0 Å². The maximum absolute atomic E-state index is 12.5. The average Bonchev–Trinajstić information content (AvgIpc) is 3.34. The van der Waals surface area contributed by atoms with Crippen molar-refractivity contribution < 1.29 is 18.7 Å². The summed E-state index contributed by atoms with van der Waals surface area (Å²) in [5, 5.41) is 15.1. The number of esters is 1. The van der Waals surface area contributed by atoms with Crippen LogP contribution in [0.15, 0.2) is 34.7 Å². The molecule has 31 heavy (non-hydrogen) atoms. The van der Waals surface area contributed by atoms with E-state index < -0.39 is 11.9 Å². The summed E-state index contributed by atoms with van der Waals surface area (Å²) < 4.78 is 10.4. The number of nitriles is 1. The molecule has 0 aliphatic heterocycles. The fraction of sp³-hybridized carbons (Fsp3) is 0.182. The summed E-state index contributed by atoms with van der Waals surface area (Å²) in [6.07, 6.45) is 0. The molecule has 0 aliphatic carbocycles. The highest BCUT2D eigenvalue weighted by molar-refractivity contribution is 7.80. The molecule has 0 bridgehead atoms. The highest BCUT2D eigenvalue weighted by Crippen LogP contribution is 2.33. The SMILES string of the molecule is COC(=O)c1sc(NC(=S)NC(=O)c2ccc(-c3ccc(C)c(C)c3)o2)c(C#N)c1C. The van der Waals surface area contributed by atoms with Gasteiger partial charge in [0.1, 0.15) is 21.7 Å². The van der Waals surface area contributed by atoms with E-state index in [1.54, 1.807) is 19.1 Å². The van der Waals surface area contributed by atoms with Crippen molar-refractivity contribution in [3.8, 4) is 17.4 Å². The molecule has 158 valence electrons. The number of hydrogen-bond donors (Lipinski definition) is 2. The van der Waals surface area contributed by atoms with Crippen LogP contribution in [0, 0.1) is 32.1 Å². The van der Waals surface area contributed by atoms with Crippen LogP contribution in [0.5, 0.6) is 0 Å². The smallest absolute Gasteiger partial charge is 0.348 e. The molecule has 0 saturated carbocycles. The Kier molecular flexibility index (Phi) is 6.53. The number of amides is 1. The zero-order valence-electron chi connectivity index (χ0n) is 17.3. The summed E-state index contributed by atoms with van der Waals surface area (Å²) in [5.41, 5.74) is 3.90. The van der Waals surface area contributed by atoms with Crippen molar-refractivity contribution in [1.29, 1.82) is 5.26 Å². The summed E-state index contributed by atoms with van der Waals surface area (Å²) in [7, 11) is 1.26. The molecule has 0 unspecified atom stereocenters. The Balaban J connectivity index is 1.73. The molecule has 2 N–H and O–H groups in total. The number of hydrogen-bond acceptors (Lipinski definition) is 7. The van der Waals surface area contributed by atoms with Crippen molar-refractivity contribution in [2.75, 3.05) is 12.4 Å². The third kappa shape index (κ3) is 4.66. The topological polar surface area (TPSA) is 104 Å². The van der Waals surface area contributed by atoms with Gasteiger partial charge in [-0.05, 0) is 67.9 Å². The number of carbonyl (C=O) groups excluding carboxylic acids is 2. The molecule has 0 radical (unpaired) electrons. The summed E-state index contributed by atoms with van der Waals surface area (Å²) in [5.74, 6) is -0.421. The predicted octanol–water partition coefficient (Wildman–Crippen LogP) is 4.72. The monoisotopic (exact) mass is 453 g/mol. The molecule has 0 aliphatic rings. The van der Waals surface area contributed by atoms with E-state index in [-0.39, 0.29) is 16.4 Å². The van der Waals surface area contributed by atoms with Crippen LogP contribution in [0.3, 0.4) is 0 Å². The molecule has 2 heterocycles. The summed E-state index contributed by atoms with van der Waals surface area (Å²) in [6.45, 7) is 5.67. The standard InChI is InChI=1S/C22H19N3O4S2/c1-11-5-6-14(9-12(11)2)16-7-8-17(29-16)19(26)24-22(30)25-20-15(10-23)13(3)18(31-20)21(27)28-4/h5-9H,1-4H3,(H2,24,25,26,30). The van der Waals surface area contributed by atoms with Crippen LogP contribution in [-0.4, -0.2) is 24.1 Å². The van der Waals surface area contributed by atoms with Gasteiger partial charge in [0, 0.05) is 5.56 Å². The van der Waals surface area contributed by atoms with Gasteiger partial charge in [-0.25, -0.2) is 4.79 Å². The summed E-state index contributed by atoms with van der Waals surface area (Å²) in [4.78, 5) is 24.7. The van der Waals surface area contributed by atoms with Crippen molar-refractivity contribution in [2.45, 2.75) is 20.8 Å². The van der Waals surface area contributed by atoms with E-state index in [9.17, 15) is 14.9 Å². The Morgan fingerprint density at radius 1 is 1.16 bits per heavy atom. The first-order chi connectivity index (χ1) is 14.7. The number of aryl methyl sites for hydroxylation is 2. The van der Waals surface area contributed by atoms with Crippen LogP contribution in [-0.2, 0) is 4.74 Å². The number of thiophene rings is 1. The predicted molar refractivity (Wildman–Crippen MR) is 122 cm³/mol. The van der Waals surface area contributed by atoms with Crippen molar-refractivity contribution in [2.24, 2.45) is 0 Å². The number of nitrogens with one attached hydrogen (secondary N) is 2. The molecule has 1 aromatic carbocycles. The lowest BCUT2D eigenvalue weighted by Crippen LogP contribution is -2.33. The number of rotatable bonds is 4. The van der Waals surface area contributed by atoms with Gasteiger partial charge >= 0.3 is 5.97 Å². The molecular formula is C22H19N3O4S2. The number of benzene rings is 1. The third-order valence-corrected chi connectivity index (χ3v) is 6.10. The molecule has 0 atom stereocenters. The van der Waals surface area contributed by atoms with Crippen molar-refractivity contribution in [3.05, 3.63) is 63.2 Å². The van der Waals surface area contributed by atoms with Crippen molar-refractivity contribution >= 4 is 45.5 Å². The Morgan fingerprint density at radius 3 is 2.55 bits per heavy atom. The molecule has 3 rings (SSSR count). The number of carbonyl (C=O) groups is 2. The fourth-order valence-electron chi connectivity index (χ4n) is 2.83. The van der Waals surface area contributed by atoms with E-state index in [1.165, 1.54) is 12.7 Å². The zero-order valence-corrected chi connectivity index (χ0v) is 18.9. The minimum atomic E-state index is -0.545. The molecule has 0 saturated heterocycles. The van der Waals surface area contributed by atoms with Gasteiger partial charge in [-0.3, -0.25) is 10.1 Å². The van der Waals surface area contributed by atoms with Gasteiger partial charge in [-0.2, -0.15) is 5.26 Å². The molecular weight excluding hydrogens is 434 g/mol. The second-order valence-electron chi connectivity index (χ2n) is 6.73. The first-order valence-electron chi connectivity index (χ1n) is 9.16.